The van der Waals surface area contributed by atoms with E-state index in [1.807, 2.05) is 27.8 Å². The van der Waals surface area contributed by atoms with Crippen molar-refractivity contribution in [3.05, 3.63) is 24.1 Å². The highest BCUT2D eigenvalue weighted by atomic mass is 19.1. The Bertz CT molecular complexity index is 632. The number of rotatable bonds is 5. The van der Waals surface area contributed by atoms with Crippen LogP contribution < -0.4 is 4.90 Å². The van der Waals surface area contributed by atoms with Gasteiger partial charge in [0.05, 0.1) is 6.20 Å². The summed E-state index contributed by atoms with van der Waals surface area (Å²) in [6, 6.07) is 3.88. The zero-order chi connectivity index (χ0) is 19.6. The number of hydrogen-bond acceptors (Lipinski definition) is 4. The van der Waals surface area contributed by atoms with Gasteiger partial charge in [-0.1, -0.05) is 0 Å². The van der Waals surface area contributed by atoms with E-state index in [9.17, 15) is 9.18 Å². The number of halogens is 1. The maximum absolute atomic E-state index is 13.3. The fourth-order valence-electron chi connectivity index (χ4n) is 3.79. The Kier molecular flexibility index (Phi) is 5.92. The molecule has 1 aromatic heterocycles. The van der Waals surface area contributed by atoms with Gasteiger partial charge in [0.1, 0.15) is 17.2 Å². The molecule has 27 heavy (non-hydrogen) atoms. The Balaban J connectivity index is 1.60. The van der Waals surface area contributed by atoms with Gasteiger partial charge in [-0.15, -0.1) is 0 Å². The summed E-state index contributed by atoms with van der Waals surface area (Å²) in [5, 5.41) is 0. The molecule has 5 nitrogen and oxygen atoms in total. The molecule has 6 heteroatoms. The van der Waals surface area contributed by atoms with Crippen LogP contribution in [-0.4, -0.2) is 47.3 Å². The third-order valence-electron chi connectivity index (χ3n) is 5.49. The SMILES string of the molecule is CN(C(=O)OC(C)(C)C)C1CCC(N(CC2CC2)c2ccc(F)cn2)CC1. The summed E-state index contributed by atoms with van der Waals surface area (Å²) in [6.45, 7) is 6.67. The normalized spacial score (nSPS) is 23.0. The van der Waals surface area contributed by atoms with Gasteiger partial charge in [0.25, 0.3) is 0 Å². The van der Waals surface area contributed by atoms with Gasteiger partial charge < -0.3 is 14.5 Å². The third-order valence-corrected chi connectivity index (χ3v) is 5.49. The number of hydrogen-bond donors (Lipinski definition) is 0. The molecule has 1 amide bonds. The largest absolute Gasteiger partial charge is 0.444 e. The smallest absolute Gasteiger partial charge is 0.410 e. The molecule has 150 valence electrons. The van der Waals surface area contributed by atoms with Gasteiger partial charge >= 0.3 is 6.09 Å². The Labute approximate surface area is 161 Å². The highest BCUT2D eigenvalue weighted by Gasteiger charge is 2.34. The van der Waals surface area contributed by atoms with Gasteiger partial charge in [-0.2, -0.15) is 0 Å². The summed E-state index contributed by atoms with van der Waals surface area (Å²) in [7, 11) is 1.84. The van der Waals surface area contributed by atoms with Crippen LogP contribution in [0.2, 0.25) is 0 Å². The number of nitrogens with zero attached hydrogens (tertiary/aromatic N) is 3. The molecule has 0 spiro atoms. The maximum atomic E-state index is 13.3. The third kappa shape index (κ3) is 5.56. The summed E-state index contributed by atoms with van der Waals surface area (Å²) in [4.78, 5) is 20.8. The average Bonchev–Trinajstić information content (AvgIpc) is 3.43. The van der Waals surface area contributed by atoms with Crippen LogP contribution in [0.5, 0.6) is 0 Å². The molecule has 0 bridgehead atoms. The minimum Gasteiger partial charge on any atom is -0.444 e. The predicted octanol–water partition coefficient (Wildman–Crippen LogP) is 4.62. The standard InChI is InChI=1S/C21H32FN3O2/c1-21(2,3)27-20(26)24(4)17-8-10-18(11-9-17)25(14-15-5-6-15)19-12-7-16(22)13-23-19/h7,12-13,15,17-18H,5-6,8-11,14H2,1-4H3. The fraction of sp³-hybridized carbons (Fsp3) is 0.714. The van der Waals surface area contributed by atoms with E-state index in [1.165, 1.54) is 25.1 Å². The van der Waals surface area contributed by atoms with Gasteiger partial charge in [0.15, 0.2) is 0 Å². The lowest BCUT2D eigenvalue weighted by molar-refractivity contribution is 0.0182. The second kappa shape index (κ2) is 8.03. The molecule has 2 saturated carbocycles. The zero-order valence-electron chi connectivity index (χ0n) is 16.9. The molecular formula is C21H32FN3O2. The van der Waals surface area contributed by atoms with Crippen molar-refractivity contribution >= 4 is 11.9 Å². The maximum Gasteiger partial charge on any atom is 0.410 e. The number of carbonyl (C=O) groups is 1. The van der Waals surface area contributed by atoms with Crippen molar-refractivity contribution in [2.24, 2.45) is 5.92 Å². The van der Waals surface area contributed by atoms with Crippen LogP contribution >= 0.6 is 0 Å². The van der Waals surface area contributed by atoms with Crippen molar-refractivity contribution < 1.29 is 13.9 Å². The summed E-state index contributed by atoms with van der Waals surface area (Å²) >= 11 is 0. The summed E-state index contributed by atoms with van der Waals surface area (Å²) in [5.41, 5.74) is -0.474. The number of pyridine rings is 1. The predicted molar refractivity (Wildman–Crippen MR) is 104 cm³/mol. The molecule has 2 fully saturated rings. The molecule has 1 aromatic rings. The van der Waals surface area contributed by atoms with Crippen molar-refractivity contribution in [3.63, 3.8) is 0 Å². The molecule has 0 unspecified atom stereocenters. The summed E-state index contributed by atoms with van der Waals surface area (Å²) in [6.07, 6.45) is 7.50. The van der Waals surface area contributed by atoms with Crippen LogP contribution in [0.15, 0.2) is 18.3 Å². The van der Waals surface area contributed by atoms with Crippen molar-refractivity contribution in [2.45, 2.75) is 77.0 Å². The molecule has 2 aliphatic carbocycles. The minimum absolute atomic E-state index is 0.208. The second-order valence-corrected chi connectivity index (χ2v) is 8.98. The topological polar surface area (TPSA) is 45.7 Å². The van der Waals surface area contributed by atoms with Crippen LogP contribution in [0.4, 0.5) is 15.0 Å². The first kappa shape index (κ1) is 19.9. The Morgan fingerprint density at radius 3 is 2.30 bits per heavy atom. The zero-order valence-corrected chi connectivity index (χ0v) is 16.9. The van der Waals surface area contributed by atoms with E-state index >= 15 is 0 Å². The van der Waals surface area contributed by atoms with Crippen LogP contribution in [0.1, 0.15) is 59.3 Å². The summed E-state index contributed by atoms with van der Waals surface area (Å²) < 4.78 is 18.8. The van der Waals surface area contributed by atoms with E-state index in [1.54, 1.807) is 11.0 Å². The first-order valence-electron chi connectivity index (χ1n) is 10.1. The van der Waals surface area contributed by atoms with Crippen LogP contribution in [0.3, 0.4) is 0 Å². The number of aromatic nitrogens is 1. The van der Waals surface area contributed by atoms with Crippen LogP contribution in [0, 0.1) is 11.7 Å². The molecule has 3 rings (SSSR count). The first-order valence-corrected chi connectivity index (χ1v) is 10.1. The highest BCUT2D eigenvalue weighted by Crippen LogP contribution is 2.35. The Hall–Kier alpha value is -1.85. The van der Waals surface area contributed by atoms with E-state index in [2.05, 4.69) is 9.88 Å². The Morgan fingerprint density at radius 2 is 1.78 bits per heavy atom. The van der Waals surface area contributed by atoms with E-state index in [4.69, 9.17) is 4.74 Å². The van der Waals surface area contributed by atoms with Crippen LogP contribution in [-0.2, 0) is 4.74 Å². The molecule has 0 N–H and O–H groups in total. The number of anilines is 1. The minimum atomic E-state index is -0.474. The van der Waals surface area contributed by atoms with Gasteiger partial charge in [0, 0.05) is 25.7 Å². The summed E-state index contributed by atoms with van der Waals surface area (Å²) in [5.74, 6) is 1.30. The van der Waals surface area contributed by atoms with Crippen LogP contribution in [0.25, 0.3) is 0 Å². The monoisotopic (exact) mass is 377 g/mol. The number of amides is 1. The molecular weight excluding hydrogens is 345 g/mol. The average molecular weight is 378 g/mol. The highest BCUT2D eigenvalue weighted by molar-refractivity contribution is 5.68. The van der Waals surface area contributed by atoms with Gasteiger partial charge in [-0.05, 0) is 77.3 Å². The molecule has 0 aliphatic heterocycles. The lowest BCUT2D eigenvalue weighted by atomic mass is 9.89. The number of ether oxygens (including phenoxy) is 1. The lowest BCUT2D eigenvalue weighted by Gasteiger charge is -2.40. The van der Waals surface area contributed by atoms with Crippen molar-refractivity contribution in [3.8, 4) is 0 Å². The quantitative estimate of drug-likeness (QED) is 0.751. The van der Waals surface area contributed by atoms with Crippen molar-refractivity contribution in [1.29, 1.82) is 0 Å². The van der Waals surface area contributed by atoms with E-state index in [-0.39, 0.29) is 18.0 Å². The van der Waals surface area contributed by atoms with E-state index in [0.717, 1.165) is 44.0 Å². The Morgan fingerprint density at radius 1 is 1.15 bits per heavy atom. The molecule has 0 radical (unpaired) electrons. The molecule has 0 aromatic carbocycles. The second-order valence-electron chi connectivity index (χ2n) is 8.98. The van der Waals surface area contributed by atoms with Gasteiger partial charge in [-0.25, -0.2) is 14.2 Å². The molecule has 2 aliphatic rings. The molecule has 0 saturated heterocycles. The molecule has 0 atom stereocenters. The fourth-order valence-corrected chi connectivity index (χ4v) is 3.79. The van der Waals surface area contributed by atoms with Gasteiger partial charge in [0.2, 0.25) is 0 Å². The lowest BCUT2D eigenvalue weighted by Crippen LogP contribution is -2.46. The van der Waals surface area contributed by atoms with Crippen molar-refractivity contribution in [2.75, 3.05) is 18.5 Å². The number of carbonyl (C=O) groups excluding carboxylic acids is 1. The van der Waals surface area contributed by atoms with E-state index < -0.39 is 5.60 Å². The molecule has 1 heterocycles. The van der Waals surface area contributed by atoms with E-state index in [0.29, 0.717) is 6.04 Å². The van der Waals surface area contributed by atoms with Gasteiger partial charge in [-0.3, -0.25) is 0 Å². The van der Waals surface area contributed by atoms with Crippen molar-refractivity contribution in [1.82, 2.24) is 9.88 Å². The first-order chi connectivity index (χ1) is 12.7.